The van der Waals surface area contributed by atoms with E-state index in [-0.39, 0.29) is 24.9 Å². The van der Waals surface area contributed by atoms with Crippen molar-refractivity contribution in [1.29, 1.82) is 0 Å². The van der Waals surface area contributed by atoms with Crippen LogP contribution in [0.5, 0.6) is 11.5 Å². The molecular weight excluding hydrogens is 460 g/mol. The van der Waals surface area contributed by atoms with Gasteiger partial charge < -0.3 is 20.1 Å². The minimum atomic E-state index is -0.275. The zero-order valence-electron chi connectivity index (χ0n) is 20.0. The minimum absolute atomic E-state index is 0.0837. The second-order valence-corrected chi connectivity index (χ2v) is 7.42. The second-order valence-electron chi connectivity index (χ2n) is 7.42. The Kier molecular flexibility index (Phi) is 9.84. The molecule has 0 spiro atoms. The van der Waals surface area contributed by atoms with Gasteiger partial charge >= 0.3 is 0 Å². The van der Waals surface area contributed by atoms with Crippen molar-refractivity contribution < 1.29 is 19.1 Å². The lowest BCUT2D eigenvalue weighted by Gasteiger charge is -2.06. The van der Waals surface area contributed by atoms with Gasteiger partial charge in [-0.15, -0.1) is 0 Å². The first kappa shape index (κ1) is 25.8. The Morgan fingerprint density at radius 3 is 1.33 bits per heavy atom. The molecule has 0 radical (unpaired) electrons. The molecule has 0 saturated heterocycles. The van der Waals surface area contributed by atoms with E-state index in [1.165, 1.54) is 0 Å². The van der Waals surface area contributed by atoms with Gasteiger partial charge in [0.1, 0.15) is 11.5 Å². The van der Waals surface area contributed by atoms with Crippen molar-refractivity contribution in [1.82, 2.24) is 10.9 Å². The molecule has 0 aliphatic carbocycles. The van der Waals surface area contributed by atoms with E-state index in [9.17, 15) is 9.59 Å². The number of nitrogens with one attached hydrogen (secondary N) is 4. The quantitative estimate of drug-likeness (QED) is 0.230. The van der Waals surface area contributed by atoms with Crippen LogP contribution in [0.2, 0.25) is 0 Å². The van der Waals surface area contributed by atoms with Crippen molar-refractivity contribution in [2.24, 2.45) is 10.2 Å². The van der Waals surface area contributed by atoms with Crippen LogP contribution in [0, 0.1) is 0 Å². The molecule has 0 fully saturated rings. The second kappa shape index (κ2) is 13.8. The summed E-state index contributed by atoms with van der Waals surface area (Å²) in [6.07, 6.45) is 3.08. The van der Waals surface area contributed by atoms with Crippen LogP contribution in [0.1, 0.15) is 11.1 Å². The van der Waals surface area contributed by atoms with Crippen LogP contribution in [0.25, 0.3) is 0 Å². The van der Waals surface area contributed by atoms with Crippen molar-refractivity contribution >= 4 is 35.6 Å². The average molecular weight is 489 g/mol. The molecule has 186 valence electrons. The molecule has 0 aliphatic rings. The van der Waals surface area contributed by atoms with Crippen LogP contribution < -0.4 is 31.0 Å². The largest absolute Gasteiger partial charge is 0.497 e. The number of rotatable bonds is 12. The summed E-state index contributed by atoms with van der Waals surface area (Å²) in [5.74, 6) is 0.940. The third-order valence-corrected chi connectivity index (χ3v) is 4.83. The fourth-order valence-electron chi connectivity index (χ4n) is 2.89. The summed E-state index contributed by atoms with van der Waals surface area (Å²) in [4.78, 5) is 23.9. The lowest BCUT2D eigenvalue weighted by molar-refractivity contribution is -0.120. The van der Waals surface area contributed by atoms with E-state index in [4.69, 9.17) is 9.47 Å². The average Bonchev–Trinajstić information content (AvgIpc) is 2.92. The molecule has 0 atom stereocenters. The molecule has 0 unspecified atom stereocenters. The van der Waals surface area contributed by atoms with Crippen molar-refractivity contribution in [3.8, 4) is 11.5 Å². The molecule has 3 aromatic carbocycles. The molecule has 10 heteroatoms. The van der Waals surface area contributed by atoms with Gasteiger partial charge in [-0.25, -0.2) is 10.9 Å². The number of methoxy groups -OCH3 is 2. The van der Waals surface area contributed by atoms with Gasteiger partial charge in [0, 0.05) is 11.4 Å². The van der Waals surface area contributed by atoms with Crippen molar-refractivity contribution in [2.45, 2.75) is 0 Å². The van der Waals surface area contributed by atoms with Gasteiger partial charge in [0.15, 0.2) is 0 Å². The zero-order valence-corrected chi connectivity index (χ0v) is 20.0. The molecule has 2 amide bonds. The first-order valence-corrected chi connectivity index (χ1v) is 11.1. The van der Waals surface area contributed by atoms with E-state index in [1.807, 2.05) is 72.8 Å². The number of amides is 2. The minimum Gasteiger partial charge on any atom is -0.497 e. The molecule has 3 rings (SSSR count). The van der Waals surface area contributed by atoms with Gasteiger partial charge in [0.2, 0.25) is 0 Å². The van der Waals surface area contributed by atoms with Gasteiger partial charge in [-0.1, -0.05) is 24.3 Å². The van der Waals surface area contributed by atoms with Crippen molar-refractivity contribution in [2.75, 3.05) is 37.9 Å². The molecule has 4 N–H and O–H groups in total. The van der Waals surface area contributed by atoms with Gasteiger partial charge in [-0.3, -0.25) is 9.59 Å². The number of benzene rings is 3. The van der Waals surface area contributed by atoms with Crippen LogP contribution in [-0.4, -0.2) is 51.6 Å². The van der Waals surface area contributed by atoms with Gasteiger partial charge in [-0.05, 0) is 59.7 Å². The van der Waals surface area contributed by atoms with E-state index < -0.39 is 0 Å². The fraction of sp³-hybridized carbons (Fsp3) is 0.154. The van der Waals surface area contributed by atoms with E-state index in [0.717, 1.165) is 34.0 Å². The maximum absolute atomic E-state index is 11.9. The maximum atomic E-state index is 11.9. The van der Waals surface area contributed by atoms with Crippen LogP contribution in [0.4, 0.5) is 11.4 Å². The Morgan fingerprint density at radius 1 is 0.639 bits per heavy atom. The Hall–Kier alpha value is -4.86. The predicted molar refractivity (Wildman–Crippen MR) is 141 cm³/mol. The highest BCUT2D eigenvalue weighted by Crippen LogP contribution is 2.15. The molecule has 0 aliphatic heterocycles. The SMILES string of the molecule is COc1ccc(NCC(=O)N/N=C/c2ccc(/C=N/NC(=O)CNc3ccc(OC)cc3)cc2)cc1. The summed E-state index contributed by atoms with van der Waals surface area (Å²) in [5.41, 5.74) is 8.14. The number of hydrogen-bond acceptors (Lipinski definition) is 8. The first-order valence-electron chi connectivity index (χ1n) is 11.1. The first-order chi connectivity index (χ1) is 17.6. The Bertz CT molecular complexity index is 1080. The zero-order chi connectivity index (χ0) is 25.6. The predicted octanol–water partition coefficient (Wildman–Crippen LogP) is 2.83. The highest BCUT2D eigenvalue weighted by Gasteiger charge is 2.01. The van der Waals surface area contributed by atoms with E-state index in [0.29, 0.717) is 0 Å². The molecule has 0 aromatic heterocycles. The molecular formula is C26H28N6O4. The Labute approximate surface area is 209 Å². The Morgan fingerprint density at radius 2 is 1.00 bits per heavy atom. The maximum Gasteiger partial charge on any atom is 0.259 e. The lowest BCUT2D eigenvalue weighted by Crippen LogP contribution is -2.25. The molecule has 10 nitrogen and oxygen atoms in total. The smallest absolute Gasteiger partial charge is 0.259 e. The number of carbonyl (C=O) groups is 2. The fourth-order valence-corrected chi connectivity index (χ4v) is 2.89. The van der Waals surface area contributed by atoms with Gasteiger partial charge in [0.05, 0.1) is 39.7 Å². The molecule has 0 saturated carbocycles. The van der Waals surface area contributed by atoms with Crippen LogP contribution in [0.15, 0.2) is 83.0 Å². The topological polar surface area (TPSA) is 125 Å². The summed E-state index contributed by atoms with van der Waals surface area (Å²) in [6.45, 7) is 0.167. The van der Waals surface area contributed by atoms with Crippen molar-refractivity contribution in [3.05, 3.63) is 83.9 Å². The van der Waals surface area contributed by atoms with E-state index in [1.54, 1.807) is 26.6 Å². The highest BCUT2D eigenvalue weighted by atomic mass is 16.5. The van der Waals surface area contributed by atoms with Gasteiger partial charge in [-0.2, -0.15) is 10.2 Å². The molecule has 36 heavy (non-hydrogen) atoms. The summed E-state index contributed by atoms with van der Waals surface area (Å²) < 4.78 is 10.2. The molecule has 3 aromatic rings. The number of hydrogen-bond donors (Lipinski definition) is 4. The molecule has 0 heterocycles. The van der Waals surface area contributed by atoms with Gasteiger partial charge in [0.25, 0.3) is 11.8 Å². The van der Waals surface area contributed by atoms with E-state index in [2.05, 4.69) is 31.7 Å². The molecule has 0 bridgehead atoms. The van der Waals surface area contributed by atoms with E-state index >= 15 is 0 Å². The Balaban J connectivity index is 1.35. The summed E-state index contributed by atoms with van der Waals surface area (Å²) in [5, 5.41) is 13.9. The third-order valence-electron chi connectivity index (χ3n) is 4.83. The summed E-state index contributed by atoms with van der Waals surface area (Å²) in [6, 6.07) is 21.8. The van der Waals surface area contributed by atoms with Crippen LogP contribution in [-0.2, 0) is 9.59 Å². The number of anilines is 2. The highest BCUT2D eigenvalue weighted by molar-refractivity contribution is 5.87. The standard InChI is InChI=1S/C26H28N6O4/c1-35-23-11-7-21(8-12-23)27-17-25(33)31-29-15-19-3-5-20(6-4-19)16-30-32-26(34)18-28-22-9-13-24(36-2)14-10-22/h3-16,27-28H,17-18H2,1-2H3,(H,31,33)(H,32,34)/b29-15+,30-16+. The van der Waals surface area contributed by atoms with Crippen LogP contribution in [0.3, 0.4) is 0 Å². The van der Waals surface area contributed by atoms with Crippen molar-refractivity contribution in [3.63, 3.8) is 0 Å². The normalized spacial score (nSPS) is 10.7. The summed E-state index contributed by atoms with van der Waals surface area (Å²) in [7, 11) is 3.19. The van der Waals surface area contributed by atoms with Crippen LogP contribution >= 0.6 is 0 Å². The number of nitrogens with zero attached hydrogens (tertiary/aromatic N) is 2. The monoisotopic (exact) mass is 488 g/mol. The lowest BCUT2D eigenvalue weighted by atomic mass is 10.2. The number of hydrazone groups is 2. The number of ether oxygens (including phenoxy) is 2. The number of carbonyl (C=O) groups excluding carboxylic acids is 2. The summed E-state index contributed by atoms with van der Waals surface area (Å²) >= 11 is 0. The third kappa shape index (κ3) is 8.82.